The van der Waals surface area contributed by atoms with Gasteiger partial charge in [0.25, 0.3) is 5.56 Å². The third-order valence-corrected chi connectivity index (χ3v) is 4.46. The number of ether oxygens (including phenoxy) is 1. The van der Waals surface area contributed by atoms with E-state index >= 15 is 0 Å². The van der Waals surface area contributed by atoms with E-state index in [1.807, 2.05) is 17.5 Å². The van der Waals surface area contributed by atoms with Crippen molar-refractivity contribution in [3.8, 4) is 16.5 Å². The van der Waals surface area contributed by atoms with Gasteiger partial charge in [0.1, 0.15) is 11.5 Å². The van der Waals surface area contributed by atoms with Crippen LogP contribution in [0.1, 0.15) is 18.2 Å². The van der Waals surface area contributed by atoms with Gasteiger partial charge in [0.05, 0.1) is 11.5 Å². The maximum Gasteiger partial charge on any atom is 0.412 e. The van der Waals surface area contributed by atoms with E-state index in [0.717, 1.165) is 4.88 Å². The first-order chi connectivity index (χ1) is 12.0. The standard InChI is InChI=1S/C16H17N5O3S/c1-4-24-16(23)18-13-8-11(12-6-5-7-25-12)20-21(13)15-17-10(3)9(2)14(22)19-15/h5-8H,4H2,1-3H3,(H,18,23)(H,17,19,22). The van der Waals surface area contributed by atoms with E-state index < -0.39 is 6.09 Å². The van der Waals surface area contributed by atoms with Crippen LogP contribution in [0.15, 0.2) is 28.4 Å². The number of nitrogens with one attached hydrogen (secondary N) is 2. The molecule has 0 aliphatic heterocycles. The number of amides is 1. The Labute approximate surface area is 147 Å². The van der Waals surface area contributed by atoms with Crippen LogP contribution in [0.5, 0.6) is 0 Å². The Morgan fingerprint density at radius 2 is 2.24 bits per heavy atom. The van der Waals surface area contributed by atoms with E-state index in [0.29, 0.717) is 22.8 Å². The summed E-state index contributed by atoms with van der Waals surface area (Å²) in [5.74, 6) is 0.580. The number of anilines is 1. The number of hydrogen-bond donors (Lipinski definition) is 2. The molecule has 3 heterocycles. The summed E-state index contributed by atoms with van der Waals surface area (Å²) in [4.78, 5) is 31.9. The minimum absolute atomic E-state index is 0.225. The van der Waals surface area contributed by atoms with Crippen LogP contribution in [-0.2, 0) is 4.74 Å². The minimum atomic E-state index is -0.604. The first-order valence-corrected chi connectivity index (χ1v) is 8.53. The highest BCUT2D eigenvalue weighted by molar-refractivity contribution is 7.13. The van der Waals surface area contributed by atoms with Crippen molar-refractivity contribution in [1.82, 2.24) is 19.7 Å². The zero-order valence-electron chi connectivity index (χ0n) is 14.0. The van der Waals surface area contributed by atoms with E-state index in [1.54, 1.807) is 26.8 Å². The summed E-state index contributed by atoms with van der Waals surface area (Å²) in [6.45, 7) is 5.41. The number of hydrogen-bond acceptors (Lipinski definition) is 6. The maximum absolute atomic E-state index is 12.1. The molecule has 0 atom stereocenters. The van der Waals surface area contributed by atoms with E-state index in [1.165, 1.54) is 16.0 Å². The quantitative estimate of drug-likeness (QED) is 0.746. The predicted molar refractivity (Wildman–Crippen MR) is 95.4 cm³/mol. The highest BCUT2D eigenvalue weighted by atomic mass is 32.1. The van der Waals surface area contributed by atoms with Crippen LogP contribution < -0.4 is 10.9 Å². The molecule has 0 fully saturated rings. The monoisotopic (exact) mass is 359 g/mol. The summed E-state index contributed by atoms with van der Waals surface area (Å²) in [6.07, 6.45) is -0.604. The summed E-state index contributed by atoms with van der Waals surface area (Å²) < 4.78 is 6.31. The van der Waals surface area contributed by atoms with Gasteiger partial charge < -0.3 is 4.74 Å². The second-order valence-corrected chi connectivity index (χ2v) is 6.20. The molecule has 0 bridgehead atoms. The molecule has 9 heteroatoms. The van der Waals surface area contributed by atoms with Gasteiger partial charge in [-0.2, -0.15) is 9.78 Å². The van der Waals surface area contributed by atoms with Gasteiger partial charge in [-0.3, -0.25) is 15.1 Å². The molecule has 3 aromatic rings. The van der Waals surface area contributed by atoms with E-state index in [4.69, 9.17) is 4.74 Å². The predicted octanol–water partition coefficient (Wildman–Crippen LogP) is 2.87. The van der Waals surface area contributed by atoms with Gasteiger partial charge in [0.2, 0.25) is 5.95 Å². The lowest BCUT2D eigenvalue weighted by Gasteiger charge is -2.09. The lowest BCUT2D eigenvalue weighted by molar-refractivity contribution is 0.167. The number of aryl methyl sites for hydroxylation is 1. The SMILES string of the molecule is CCOC(=O)Nc1cc(-c2cccs2)nn1-c1nc(C)c(C)c(=O)[nH]1. The summed E-state index contributed by atoms with van der Waals surface area (Å²) in [5, 5.41) is 9.03. The minimum Gasteiger partial charge on any atom is -0.450 e. The topological polar surface area (TPSA) is 102 Å². The molecule has 0 saturated heterocycles. The molecule has 2 N–H and O–H groups in total. The number of thiophene rings is 1. The Morgan fingerprint density at radius 3 is 2.88 bits per heavy atom. The zero-order chi connectivity index (χ0) is 18.0. The number of carbonyl (C=O) groups is 1. The molecule has 25 heavy (non-hydrogen) atoms. The number of aromatic nitrogens is 4. The molecule has 3 rings (SSSR count). The smallest absolute Gasteiger partial charge is 0.412 e. The molecule has 0 radical (unpaired) electrons. The molecule has 0 aliphatic rings. The van der Waals surface area contributed by atoms with Crippen molar-refractivity contribution < 1.29 is 9.53 Å². The van der Waals surface area contributed by atoms with Crippen LogP contribution in [-0.4, -0.2) is 32.4 Å². The molecule has 8 nitrogen and oxygen atoms in total. The van der Waals surface area contributed by atoms with Gasteiger partial charge in [-0.25, -0.2) is 9.78 Å². The van der Waals surface area contributed by atoms with Gasteiger partial charge in [0, 0.05) is 17.3 Å². The number of H-pyrrole nitrogens is 1. The van der Waals surface area contributed by atoms with Crippen LogP contribution in [0.3, 0.4) is 0 Å². The van der Waals surface area contributed by atoms with Crippen LogP contribution in [0.2, 0.25) is 0 Å². The van der Waals surface area contributed by atoms with Crippen molar-refractivity contribution in [2.45, 2.75) is 20.8 Å². The van der Waals surface area contributed by atoms with E-state index in [2.05, 4.69) is 20.4 Å². The molecule has 0 spiro atoms. The van der Waals surface area contributed by atoms with Crippen LogP contribution in [0.4, 0.5) is 10.6 Å². The van der Waals surface area contributed by atoms with Crippen LogP contribution >= 0.6 is 11.3 Å². The Morgan fingerprint density at radius 1 is 1.44 bits per heavy atom. The van der Waals surface area contributed by atoms with Gasteiger partial charge in [-0.15, -0.1) is 11.3 Å². The van der Waals surface area contributed by atoms with Gasteiger partial charge in [0.15, 0.2) is 0 Å². The molecule has 0 aromatic carbocycles. The number of carbonyl (C=O) groups excluding carboxylic acids is 1. The van der Waals surface area contributed by atoms with Crippen LogP contribution in [0.25, 0.3) is 16.5 Å². The fourth-order valence-electron chi connectivity index (χ4n) is 2.18. The molecule has 0 saturated carbocycles. The van der Waals surface area contributed by atoms with Crippen molar-refractivity contribution in [2.24, 2.45) is 0 Å². The number of rotatable bonds is 4. The highest BCUT2D eigenvalue weighted by Gasteiger charge is 2.17. The first kappa shape index (κ1) is 16.9. The lowest BCUT2D eigenvalue weighted by atomic mass is 10.3. The Kier molecular flexibility index (Phi) is 4.66. The third kappa shape index (κ3) is 3.45. The summed E-state index contributed by atoms with van der Waals surface area (Å²) >= 11 is 1.52. The molecular formula is C16H17N5O3S. The Bertz CT molecular complexity index is 959. The Balaban J connectivity index is 2.10. The fourth-order valence-corrected chi connectivity index (χ4v) is 2.86. The van der Waals surface area contributed by atoms with Gasteiger partial charge >= 0.3 is 6.09 Å². The molecule has 130 valence electrons. The molecule has 0 unspecified atom stereocenters. The number of nitrogens with zero attached hydrogens (tertiary/aromatic N) is 3. The van der Waals surface area contributed by atoms with Crippen molar-refractivity contribution in [1.29, 1.82) is 0 Å². The molecule has 0 aliphatic carbocycles. The van der Waals surface area contributed by atoms with Crippen molar-refractivity contribution in [3.05, 3.63) is 45.2 Å². The summed E-state index contributed by atoms with van der Waals surface area (Å²) in [6, 6.07) is 5.54. The maximum atomic E-state index is 12.1. The molecule has 1 amide bonds. The summed E-state index contributed by atoms with van der Waals surface area (Å²) in [5.41, 5.74) is 1.53. The van der Waals surface area contributed by atoms with E-state index in [9.17, 15) is 9.59 Å². The largest absolute Gasteiger partial charge is 0.450 e. The average molecular weight is 359 g/mol. The first-order valence-electron chi connectivity index (χ1n) is 7.65. The Hall–Kier alpha value is -2.94. The van der Waals surface area contributed by atoms with Crippen molar-refractivity contribution >= 4 is 23.2 Å². The second-order valence-electron chi connectivity index (χ2n) is 5.25. The highest BCUT2D eigenvalue weighted by Crippen LogP contribution is 2.27. The molecule has 3 aromatic heterocycles. The third-order valence-electron chi connectivity index (χ3n) is 3.57. The average Bonchev–Trinajstić information content (AvgIpc) is 3.21. The van der Waals surface area contributed by atoms with Crippen molar-refractivity contribution in [2.75, 3.05) is 11.9 Å². The second kappa shape index (κ2) is 6.89. The van der Waals surface area contributed by atoms with Gasteiger partial charge in [-0.05, 0) is 32.2 Å². The van der Waals surface area contributed by atoms with Gasteiger partial charge in [-0.1, -0.05) is 6.07 Å². The zero-order valence-corrected chi connectivity index (χ0v) is 14.8. The van der Waals surface area contributed by atoms with Crippen molar-refractivity contribution in [3.63, 3.8) is 0 Å². The summed E-state index contributed by atoms with van der Waals surface area (Å²) in [7, 11) is 0. The normalized spacial score (nSPS) is 10.7. The lowest BCUT2D eigenvalue weighted by Crippen LogP contribution is -2.21. The molecular weight excluding hydrogens is 342 g/mol. The van der Waals surface area contributed by atoms with E-state index in [-0.39, 0.29) is 18.1 Å². The van der Waals surface area contributed by atoms with Crippen LogP contribution in [0, 0.1) is 13.8 Å². The number of aromatic amines is 1. The fraction of sp³-hybridized carbons (Fsp3) is 0.250.